The topological polar surface area (TPSA) is 17.1 Å². The highest BCUT2D eigenvalue weighted by molar-refractivity contribution is 6.29. The van der Waals surface area contributed by atoms with Crippen LogP contribution in [0.5, 0.6) is 0 Å². The van der Waals surface area contributed by atoms with Gasteiger partial charge < -0.3 is 0 Å². The number of ketones is 1. The van der Waals surface area contributed by atoms with E-state index < -0.39 is 0 Å². The third kappa shape index (κ3) is 5.57. The van der Waals surface area contributed by atoms with E-state index in [1.54, 1.807) is 0 Å². The van der Waals surface area contributed by atoms with E-state index in [4.69, 9.17) is 11.6 Å². The predicted octanol–water partition coefficient (Wildman–Crippen LogP) is 2.15. The Labute approximate surface area is 60.7 Å². The maximum atomic E-state index is 10.5. The van der Waals surface area contributed by atoms with Crippen molar-refractivity contribution in [3.05, 3.63) is 12.2 Å². The van der Waals surface area contributed by atoms with Gasteiger partial charge in [0, 0.05) is 0 Å². The summed E-state index contributed by atoms with van der Waals surface area (Å²) in [7, 11) is 0. The fourth-order valence-corrected chi connectivity index (χ4v) is 0.515. The molecule has 0 fully saturated rings. The van der Waals surface area contributed by atoms with Gasteiger partial charge >= 0.3 is 0 Å². The number of carbonyl (C=O) groups is 1. The van der Waals surface area contributed by atoms with Crippen molar-refractivity contribution in [1.29, 1.82) is 0 Å². The van der Waals surface area contributed by atoms with Crippen LogP contribution >= 0.6 is 11.6 Å². The van der Waals surface area contributed by atoms with E-state index in [2.05, 4.69) is 6.92 Å². The van der Waals surface area contributed by atoms with Gasteiger partial charge in [0.1, 0.15) is 0 Å². The van der Waals surface area contributed by atoms with Crippen molar-refractivity contribution >= 4 is 17.4 Å². The molecule has 0 spiro atoms. The van der Waals surface area contributed by atoms with Gasteiger partial charge in [-0.1, -0.05) is 19.4 Å². The molecule has 0 aromatic heterocycles. The second-order valence-corrected chi connectivity index (χ2v) is 2.06. The average molecular weight is 147 g/mol. The van der Waals surface area contributed by atoms with Gasteiger partial charge in [-0.2, -0.15) is 0 Å². The van der Waals surface area contributed by atoms with Crippen molar-refractivity contribution in [1.82, 2.24) is 0 Å². The lowest BCUT2D eigenvalue weighted by Gasteiger charge is -1.82. The molecule has 0 rings (SSSR count). The molecule has 0 atom stereocenters. The SMILES string of the molecule is CCCC=CC(=O)CCl. The Morgan fingerprint density at radius 1 is 1.67 bits per heavy atom. The molecule has 0 aromatic carbocycles. The highest BCUT2D eigenvalue weighted by Crippen LogP contribution is 1.89. The second-order valence-electron chi connectivity index (χ2n) is 1.79. The molecule has 0 radical (unpaired) electrons. The molecule has 2 heteroatoms. The van der Waals surface area contributed by atoms with Gasteiger partial charge in [0.2, 0.25) is 0 Å². The molecule has 52 valence electrons. The van der Waals surface area contributed by atoms with Crippen LogP contribution in [-0.4, -0.2) is 11.7 Å². The molecule has 0 aliphatic rings. The molecule has 0 heterocycles. The molecular weight excluding hydrogens is 136 g/mol. The molecule has 0 aromatic rings. The molecular formula is C7H11ClO. The lowest BCUT2D eigenvalue weighted by molar-refractivity contribution is -0.112. The molecule has 0 bridgehead atoms. The van der Waals surface area contributed by atoms with E-state index >= 15 is 0 Å². The quantitative estimate of drug-likeness (QED) is 0.439. The highest BCUT2D eigenvalue weighted by Gasteiger charge is 1.88. The van der Waals surface area contributed by atoms with Crippen LogP contribution < -0.4 is 0 Å². The fraction of sp³-hybridized carbons (Fsp3) is 0.571. The molecule has 0 aliphatic heterocycles. The normalized spacial score (nSPS) is 10.4. The van der Waals surface area contributed by atoms with Crippen LogP contribution in [0.4, 0.5) is 0 Å². The zero-order valence-corrected chi connectivity index (χ0v) is 6.32. The minimum Gasteiger partial charge on any atom is -0.294 e. The summed E-state index contributed by atoms with van der Waals surface area (Å²) in [5.74, 6) is 0.0883. The summed E-state index contributed by atoms with van der Waals surface area (Å²) < 4.78 is 0. The van der Waals surface area contributed by atoms with Crippen molar-refractivity contribution < 1.29 is 4.79 Å². The maximum Gasteiger partial charge on any atom is 0.170 e. The van der Waals surface area contributed by atoms with Crippen LogP contribution in [0.15, 0.2) is 12.2 Å². The summed E-state index contributed by atoms with van der Waals surface area (Å²) in [4.78, 5) is 10.5. The van der Waals surface area contributed by atoms with Crippen LogP contribution in [-0.2, 0) is 4.79 Å². The van der Waals surface area contributed by atoms with Crippen LogP contribution in [0.25, 0.3) is 0 Å². The third-order valence-electron chi connectivity index (χ3n) is 0.891. The molecule has 1 nitrogen and oxygen atoms in total. The average Bonchev–Trinajstić information content (AvgIpc) is 1.89. The first-order valence-electron chi connectivity index (χ1n) is 3.06. The summed E-state index contributed by atoms with van der Waals surface area (Å²) in [5, 5.41) is 0. The summed E-state index contributed by atoms with van der Waals surface area (Å²) >= 11 is 5.23. The van der Waals surface area contributed by atoms with E-state index in [0.717, 1.165) is 12.8 Å². The monoisotopic (exact) mass is 146 g/mol. The van der Waals surface area contributed by atoms with E-state index in [1.165, 1.54) is 6.08 Å². The van der Waals surface area contributed by atoms with E-state index in [-0.39, 0.29) is 11.7 Å². The highest BCUT2D eigenvalue weighted by atomic mass is 35.5. The lowest BCUT2D eigenvalue weighted by atomic mass is 10.3. The van der Waals surface area contributed by atoms with Crippen LogP contribution in [0.2, 0.25) is 0 Å². The van der Waals surface area contributed by atoms with Gasteiger partial charge in [0.15, 0.2) is 5.78 Å². The molecule has 0 aliphatic carbocycles. The van der Waals surface area contributed by atoms with Gasteiger partial charge in [-0.3, -0.25) is 4.79 Å². The Balaban J connectivity index is 3.32. The molecule has 0 unspecified atom stereocenters. The van der Waals surface area contributed by atoms with E-state index in [0.29, 0.717) is 0 Å². The summed E-state index contributed by atoms with van der Waals surface area (Å²) in [5.41, 5.74) is 0. The van der Waals surface area contributed by atoms with E-state index in [1.807, 2.05) is 6.08 Å². The van der Waals surface area contributed by atoms with Crippen molar-refractivity contribution in [2.24, 2.45) is 0 Å². The first-order valence-corrected chi connectivity index (χ1v) is 3.60. The Hall–Kier alpha value is -0.300. The molecule has 0 saturated carbocycles. The van der Waals surface area contributed by atoms with Crippen LogP contribution in [0.1, 0.15) is 19.8 Å². The zero-order chi connectivity index (χ0) is 7.11. The zero-order valence-electron chi connectivity index (χ0n) is 5.56. The van der Waals surface area contributed by atoms with Crippen molar-refractivity contribution in [2.45, 2.75) is 19.8 Å². The standard InChI is InChI=1S/C7H11ClO/c1-2-3-4-5-7(9)6-8/h4-5H,2-3,6H2,1H3. The van der Waals surface area contributed by atoms with E-state index in [9.17, 15) is 4.79 Å². The van der Waals surface area contributed by atoms with Crippen LogP contribution in [0.3, 0.4) is 0 Å². The van der Waals surface area contributed by atoms with Crippen molar-refractivity contribution in [2.75, 3.05) is 5.88 Å². The Morgan fingerprint density at radius 3 is 2.78 bits per heavy atom. The third-order valence-corrected chi connectivity index (χ3v) is 1.15. The largest absolute Gasteiger partial charge is 0.294 e. The first-order chi connectivity index (χ1) is 4.31. The Morgan fingerprint density at radius 2 is 2.33 bits per heavy atom. The number of hydrogen-bond donors (Lipinski definition) is 0. The lowest BCUT2D eigenvalue weighted by Crippen LogP contribution is -1.91. The number of unbranched alkanes of at least 4 members (excludes halogenated alkanes) is 1. The van der Waals surface area contributed by atoms with Crippen LogP contribution in [0, 0.1) is 0 Å². The molecule has 0 N–H and O–H groups in total. The van der Waals surface area contributed by atoms with Crippen molar-refractivity contribution in [3.63, 3.8) is 0 Å². The predicted molar refractivity (Wildman–Crippen MR) is 39.8 cm³/mol. The number of alkyl halides is 1. The van der Waals surface area contributed by atoms with Gasteiger partial charge in [0.05, 0.1) is 5.88 Å². The number of hydrogen-bond acceptors (Lipinski definition) is 1. The van der Waals surface area contributed by atoms with Gasteiger partial charge in [0.25, 0.3) is 0 Å². The van der Waals surface area contributed by atoms with Gasteiger partial charge in [-0.15, -0.1) is 11.6 Å². The smallest absolute Gasteiger partial charge is 0.170 e. The summed E-state index contributed by atoms with van der Waals surface area (Å²) in [6.45, 7) is 2.06. The second kappa shape index (κ2) is 5.83. The number of rotatable bonds is 4. The summed E-state index contributed by atoms with van der Waals surface area (Å²) in [6.07, 6.45) is 5.43. The molecule has 0 saturated heterocycles. The first kappa shape index (κ1) is 8.70. The van der Waals surface area contributed by atoms with Gasteiger partial charge in [-0.05, 0) is 12.5 Å². The fourth-order valence-electron chi connectivity index (χ4n) is 0.426. The summed E-state index contributed by atoms with van der Waals surface area (Å²) in [6, 6.07) is 0. The Bertz CT molecular complexity index is 107. The maximum absolute atomic E-state index is 10.5. The van der Waals surface area contributed by atoms with Gasteiger partial charge in [-0.25, -0.2) is 0 Å². The van der Waals surface area contributed by atoms with Crippen molar-refractivity contribution in [3.8, 4) is 0 Å². The Kier molecular flexibility index (Phi) is 5.64. The molecule has 9 heavy (non-hydrogen) atoms. The number of allylic oxidation sites excluding steroid dienone is 2. The number of carbonyl (C=O) groups excluding carboxylic acids is 1. The minimum atomic E-state index is -0.00915. The minimum absolute atomic E-state index is 0.00915. The number of halogens is 1. The molecule has 0 amide bonds.